The van der Waals surface area contributed by atoms with Gasteiger partial charge >= 0.3 is 6.03 Å². The molecule has 1 aliphatic rings. The Morgan fingerprint density at radius 3 is 2.91 bits per heavy atom. The number of amides is 2. The average molecular weight is 312 g/mol. The van der Waals surface area contributed by atoms with Crippen LogP contribution in [0, 0.1) is 0 Å². The normalized spacial score (nSPS) is 13.4. The smallest absolute Gasteiger partial charge is 0.319 e. The Balaban J connectivity index is 1.56. The van der Waals surface area contributed by atoms with E-state index in [1.54, 1.807) is 12.4 Å². The maximum Gasteiger partial charge on any atom is 0.319 e. The molecular weight excluding hydrogens is 292 g/mol. The van der Waals surface area contributed by atoms with E-state index in [0.717, 1.165) is 11.4 Å². The number of carbonyl (C=O) groups excluding carboxylic acids is 1. The van der Waals surface area contributed by atoms with Crippen LogP contribution in [0.25, 0.3) is 0 Å². The molecule has 1 aromatic heterocycles. The fraction of sp³-hybridized carbons (Fsp3) is 0.353. The van der Waals surface area contributed by atoms with Gasteiger partial charge in [0, 0.05) is 11.6 Å². The summed E-state index contributed by atoms with van der Waals surface area (Å²) in [7, 11) is 0. The van der Waals surface area contributed by atoms with E-state index in [1.807, 2.05) is 31.2 Å². The van der Waals surface area contributed by atoms with Crippen molar-refractivity contribution in [3.05, 3.63) is 48.0 Å². The zero-order valence-corrected chi connectivity index (χ0v) is 13.1. The Morgan fingerprint density at radius 1 is 1.30 bits per heavy atom. The summed E-state index contributed by atoms with van der Waals surface area (Å²) in [4.78, 5) is 20.5. The van der Waals surface area contributed by atoms with Gasteiger partial charge in [-0.25, -0.2) is 14.8 Å². The molecule has 6 heteroatoms. The average Bonchev–Trinajstić information content (AvgIpc) is 3.40. The molecule has 1 aromatic carbocycles. The fourth-order valence-corrected chi connectivity index (χ4v) is 2.30. The summed E-state index contributed by atoms with van der Waals surface area (Å²) >= 11 is 0. The summed E-state index contributed by atoms with van der Waals surface area (Å²) in [5.74, 6) is 1.23. The molecule has 120 valence electrons. The maximum atomic E-state index is 12.1. The topological polar surface area (TPSA) is 76.1 Å². The minimum atomic E-state index is -0.288. The number of rotatable bonds is 6. The van der Waals surface area contributed by atoms with E-state index in [-0.39, 0.29) is 6.03 Å². The SMILES string of the molecule is CCOc1ccccc1NC(=O)NCc1cc(C2CC2)ncn1. The second-order valence-electron chi connectivity index (χ2n) is 5.45. The van der Waals surface area contributed by atoms with Crippen molar-refractivity contribution in [3.8, 4) is 5.75 Å². The first kappa shape index (κ1) is 15.3. The molecule has 0 atom stereocenters. The van der Waals surface area contributed by atoms with Crippen LogP contribution in [0.15, 0.2) is 36.7 Å². The molecule has 2 N–H and O–H groups in total. The molecule has 2 amide bonds. The van der Waals surface area contributed by atoms with Crippen LogP contribution in [0.2, 0.25) is 0 Å². The molecule has 0 unspecified atom stereocenters. The van der Waals surface area contributed by atoms with Gasteiger partial charge in [0.2, 0.25) is 0 Å². The van der Waals surface area contributed by atoms with E-state index in [9.17, 15) is 4.79 Å². The standard InChI is InChI=1S/C17H20N4O2/c1-2-23-16-6-4-3-5-14(16)21-17(22)18-10-13-9-15(12-7-8-12)20-11-19-13/h3-6,9,11-12H,2,7-8,10H2,1H3,(H2,18,21,22). The Labute approximate surface area is 135 Å². The molecule has 23 heavy (non-hydrogen) atoms. The van der Waals surface area contributed by atoms with Crippen molar-refractivity contribution in [2.75, 3.05) is 11.9 Å². The lowest BCUT2D eigenvalue weighted by Gasteiger charge is -2.12. The van der Waals surface area contributed by atoms with Gasteiger partial charge in [-0.05, 0) is 38.0 Å². The minimum Gasteiger partial charge on any atom is -0.492 e. The Hall–Kier alpha value is -2.63. The molecule has 0 saturated heterocycles. The lowest BCUT2D eigenvalue weighted by atomic mass is 10.2. The van der Waals surface area contributed by atoms with Gasteiger partial charge in [0.25, 0.3) is 0 Å². The van der Waals surface area contributed by atoms with Gasteiger partial charge in [0.15, 0.2) is 0 Å². The number of urea groups is 1. The quantitative estimate of drug-likeness (QED) is 0.859. The maximum absolute atomic E-state index is 12.1. The third kappa shape index (κ3) is 4.18. The van der Waals surface area contributed by atoms with Crippen LogP contribution in [-0.4, -0.2) is 22.6 Å². The van der Waals surface area contributed by atoms with E-state index < -0.39 is 0 Å². The molecular formula is C17H20N4O2. The van der Waals surface area contributed by atoms with Crippen molar-refractivity contribution in [2.24, 2.45) is 0 Å². The first-order chi connectivity index (χ1) is 11.3. The molecule has 0 spiro atoms. The molecule has 2 aromatic rings. The molecule has 1 heterocycles. The van der Waals surface area contributed by atoms with E-state index in [1.165, 1.54) is 12.8 Å². The third-order valence-corrected chi connectivity index (χ3v) is 3.61. The summed E-state index contributed by atoms with van der Waals surface area (Å²) in [6.45, 7) is 2.82. The van der Waals surface area contributed by atoms with E-state index in [2.05, 4.69) is 20.6 Å². The van der Waals surface area contributed by atoms with Gasteiger partial charge < -0.3 is 15.4 Å². The number of nitrogens with one attached hydrogen (secondary N) is 2. The van der Waals surface area contributed by atoms with Gasteiger partial charge in [-0.3, -0.25) is 0 Å². The van der Waals surface area contributed by atoms with Gasteiger partial charge in [-0.1, -0.05) is 12.1 Å². The fourth-order valence-electron chi connectivity index (χ4n) is 2.30. The van der Waals surface area contributed by atoms with Crippen LogP contribution in [0.1, 0.15) is 37.1 Å². The molecule has 1 fully saturated rings. The number of carbonyl (C=O) groups is 1. The number of nitrogens with zero attached hydrogens (tertiary/aromatic N) is 2. The van der Waals surface area contributed by atoms with Gasteiger partial charge in [-0.15, -0.1) is 0 Å². The van der Waals surface area contributed by atoms with Gasteiger partial charge in [0.1, 0.15) is 12.1 Å². The minimum absolute atomic E-state index is 0.288. The van der Waals surface area contributed by atoms with Gasteiger partial charge in [0.05, 0.1) is 24.5 Å². The van der Waals surface area contributed by atoms with Crippen molar-refractivity contribution in [1.82, 2.24) is 15.3 Å². The lowest BCUT2D eigenvalue weighted by Crippen LogP contribution is -2.28. The summed E-state index contributed by atoms with van der Waals surface area (Å²) in [6, 6.07) is 9.03. The summed E-state index contributed by atoms with van der Waals surface area (Å²) in [5, 5.41) is 5.60. The van der Waals surface area contributed by atoms with Crippen molar-refractivity contribution < 1.29 is 9.53 Å². The molecule has 1 saturated carbocycles. The largest absolute Gasteiger partial charge is 0.492 e. The second kappa shape index (κ2) is 7.09. The number of anilines is 1. The highest BCUT2D eigenvalue weighted by molar-refractivity contribution is 5.90. The van der Waals surface area contributed by atoms with E-state index >= 15 is 0 Å². The van der Waals surface area contributed by atoms with Crippen LogP contribution >= 0.6 is 0 Å². The van der Waals surface area contributed by atoms with Crippen molar-refractivity contribution in [3.63, 3.8) is 0 Å². The summed E-state index contributed by atoms with van der Waals surface area (Å²) in [5.41, 5.74) is 2.53. The number of aromatic nitrogens is 2. The number of hydrogen-bond acceptors (Lipinski definition) is 4. The predicted molar refractivity (Wildman–Crippen MR) is 87.5 cm³/mol. The Morgan fingerprint density at radius 2 is 2.13 bits per heavy atom. The molecule has 0 aliphatic heterocycles. The van der Waals surface area contributed by atoms with Crippen LogP contribution in [0.3, 0.4) is 0 Å². The van der Waals surface area contributed by atoms with E-state index in [0.29, 0.717) is 30.5 Å². The first-order valence-electron chi connectivity index (χ1n) is 7.83. The summed E-state index contributed by atoms with van der Waals surface area (Å²) < 4.78 is 5.49. The highest BCUT2D eigenvalue weighted by Crippen LogP contribution is 2.38. The van der Waals surface area contributed by atoms with Crippen LogP contribution in [-0.2, 0) is 6.54 Å². The molecule has 3 rings (SSSR count). The van der Waals surface area contributed by atoms with Crippen molar-refractivity contribution in [2.45, 2.75) is 32.2 Å². The number of para-hydroxylation sites is 2. The number of ether oxygens (including phenoxy) is 1. The molecule has 1 aliphatic carbocycles. The second-order valence-corrected chi connectivity index (χ2v) is 5.45. The Bertz CT molecular complexity index is 686. The zero-order valence-electron chi connectivity index (χ0n) is 13.1. The van der Waals surface area contributed by atoms with Crippen molar-refractivity contribution >= 4 is 11.7 Å². The first-order valence-corrected chi connectivity index (χ1v) is 7.83. The van der Waals surface area contributed by atoms with Crippen LogP contribution < -0.4 is 15.4 Å². The zero-order chi connectivity index (χ0) is 16.1. The van der Waals surface area contributed by atoms with Crippen molar-refractivity contribution in [1.29, 1.82) is 0 Å². The predicted octanol–water partition coefficient (Wildman–Crippen LogP) is 3.07. The summed E-state index contributed by atoms with van der Waals surface area (Å²) in [6.07, 6.45) is 3.95. The lowest BCUT2D eigenvalue weighted by molar-refractivity contribution is 0.251. The molecule has 6 nitrogen and oxygen atoms in total. The molecule has 0 radical (unpaired) electrons. The highest BCUT2D eigenvalue weighted by atomic mass is 16.5. The number of hydrogen-bond donors (Lipinski definition) is 2. The Kier molecular flexibility index (Phi) is 4.71. The van der Waals surface area contributed by atoms with Gasteiger partial charge in [-0.2, -0.15) is 0 Å². The number of benzene rings is 1. The van der Waals surface area contributed by atoms with E-state index in [4.69, 9.17) is 4.74 Å². The van der Waals surface area contributed by atoms with Crippen LogP contribution in [0.4, 0.5) is 10.5 Å². The van der Waals surface area contributed by atoms with Crippen LogP contribution in [0.5, 0.6) is 5.75 Å². The molecule has 0 bridgehead atoms. The monoisotopic (exact) mass is 312 g/mol. The third-order valence-electron chi connectivity index (χ3n) is 3.61. The highest BCUT2D eigenvalue weighted by Gasteiger charge is 2.25.